The van der Waals surface area contributed by atoms with Crippen molar-refractivity contribution in [1.29, 1.82) is 0 Å². The first-order valence-electron chi connectivity index (χ1n) is 6.44. The molecule has 0 aliphatic carbocycles. The van der Waals surface area contributed by atoms with E-state index in [-0.39, 0.29) is 0 Å². The molecular weight excluding hydrogens is 294 g/mol. The van der Waals surface area contributed by atoms with Crippen molar-refractivity contribution in [3.8, 4) is 0 Å². The lowest BCUT2D eigenvalue weighted by Crippen LogP contribution is -2.30. The Morgan fingerprint density at radius 2 is 2.00 bits per heavy atom. The Balaban J connectivity index is 2.54. The van der Waals surface area contributed by atoms with Crippen LogP contribution in [0.3, 0.4) is 0 Å². The maximum atomic E-state index is 3.63. The molecule has 1 nitrogen and oxygen atoms in total. The van der Waals surface area contributed by atoms with Crippen molar-refractivity contribution in [3.63, 3.8) is 0 Å². The summed E-state index contributed by atoms with van der Waals surface area (Å²) in [5.74, 6) is 1.51. The van der Waals surface area contributed by atoms with Gasteiger partial charge in [0.05, 0.1) is 0 Å². The first-order valence-corrected chi connectivity index (χ1v) is 8.11. The van der Waals surface area contributed by atoms with E-state index >= 15 is 0 Å². The molecule has 0 saturated carbocycles. The van der Waals surface area contributed by atoms with Crippen LogP contribution in [-0.2, 0) is 6.42 Å². The van der Waals surface area contributed by atoms with Gasteiger partial charge in [0.1, 0.15) is 0 Å². The molecule has 0 bridgehead atoms. The van der Waals surface area contributed by atoms with Gasteiger partial charge in [-0.05, 0) is 58.6 Å². The molecular formula is C14H24BrNS. The molecule has 1 atom stereocenters. The summed E-state index contributed by atoms with van der Waals surface area (Å²) in [7, 11) is 0. The molecule has 0 aromatic carbocycles. The molecule has 1 aromatic rings. The van der Waals surface area contributed by atoms with E-state index in [4.69, 9.17) is 0 Å². The van der Waals surface area contributed by atoms with E-state index in [2.05, 4.69) is 60.4 Å². The van der Waals surface area contributed by atoms with Crippen LogP contribution >= 0.6 is 27.3 Å². The number of nitrogens with one attached hydrogen (secondary N) is 1. The van der Waals surface area contributed by atoms with Gasteiger partial charge in [-0.25, -0.2) is 0 Å². The number of hydrogen-bond donors (Lipinski definition) is 1. The molecule has 0 aliphatic rings. The third-order valence-corrected chi connectivity index (χ3v) is 4.73. The molecule has 0 fully saturated rings. The molecule has 98 valence electrons. The van der Waals surface area contributed by atoms with Gasteiger partial charge in [-0.3, -0.25) is 0 Å². The van der Waals surface area contributed by atoms with E-state index < -0.39 is 0 Å². The molecule has 0 amide bonds. The van der Waals surface area contributed by atoms with E-state index in [1.807, 2.05) is 11.3 Å². The van der Waals surface area contributed by atoms with Crippen LogP contribution in [0.1, 0.15) is 39.0 Å². The molecule has 1 rings (SSSR count). The zero-order valence-electron chi connectivity index (χ0n) is 11.3. The Morgan fingerprint density at radius 1 is 1.29 bits per heavy atom. The lowest BCUT2D eigenvalue weighted by molar-refractivity contribution is 0.374. The summed E-state index contributed by atoms with van der Waals surface area (Å²) in [4.78, 5) is 1.49. The van der Waals surface area contributed by atoms with E-state index in [1.165, 1.54) is 22.2 Å². The first kappa shape index (κ1) is 15.2. The van der Waals surface area contributed by atoms with Crippen LogP contribution in [0.15, 0.2) is 15.9 Å². The highest BCUT2D eigenvalue weighted by atomic mass is 79.9. The summed E-state index contributed by atoms with van der Waals surface area (Å²) >= 11 is 5.50. The molecule has 0 aliphatic heterocycles. The van der Waals surface area contributed by atoms with E-state index in [0.717, 1.165) is 18.4 Å². The topological polar surface area (TPSA) is 12.0 Å². The predicted octanol–water partition coefficient (Wildman–Crippen LogP) is 4.71. The molecule has 0 saturated heterocycles. The molecule has 1 heterocycles. The van der Waals surface area contributed by atoms with Crippen molar-refractivity contribution in [1.82, 2.24) is 5.32 Å². The Kier molecular flexibility index (Phi) is 6.75. The van der Waals surface area contributed by atoms with Crippen molar-refractivity contribution in [2.24, 2.45) is 11.8 Å². The van der Waals surface area contributed by atoms with Crippen molar-refractivity contribution in [3.05, 3.63) is 20.8 Å². The highest BCUT2D eigenvalue weighted by Gasteiger charge is 2.14. The highest BCUT2D eigenvalue weighted by molar-refractivity contribution is 9.10. The summed E-state index contributed by atoms with van der Waals surface area (Å²) in [6.45, 7) is 10.2. The number of rotatable bonds is 7. The number of hydrogen-bond acceptors (Lipinski definition) is 2. The quantitative estimate of drug-likeness (QED) is 0.767. The highest BCUT2D eigenvalue weighted by Crippen LogP contribution is 2.27. The number of halogens is 1. The minimum Gasteiger partial charge on any atom is -0.314 e. The second kappa shape index (κ2) is 7.55. The standard InChI is InChI=1S/C14H24BrNS/c1-10(2)7-12(9-16-11(3)4)8-14-13(15)5-6-17-14/h5-6,10-12,16H,7-9H2,1-4H3. The number of thiophene rings is 1. The molecule has 0 radical (unpaired) electrons. The third kappa shape index (κ3) is 6.03. The summed E-state index contributed by atoms with van der Waals surface area (Å²) < 4.78 is 1.28. The lowest BCUT2D eigenvalue weighted by atomic mass is 9.93. The predicted molar refractivity (Wildman–Crippen MR) is 81.8 cm³/mol. The smallest absolute Gasteiger partial charge is 0.0314 e. The normalized spacial score (nSPS) is 13.6. The second-order valence-electron chi connectivity index (χ2n) is 5.45. The van der Waals surface area contributed by atoms with Crippen LogP contribution < -0.4 is 5.32 Å². The molecule has 17 heavy (non-hydrogen) atoms. The van der Waals surface area contributed by atoms with Gasteiger partial charge in [0.15, 0.2) is 0 Å². The Labute approximate surface area is 118 Å². The minimum atomic E-state index is 0.580. The summed E-state index contributed by atoms with van der Waals surface area (Å²) in [6, 6.07) is 2.74. The van der Waals surface area contributed by atoms with Gasteiger partial charge >= 0.3 is 0 Å². The molecule has 1 N–H and O–H groups in total. The van der Waals surface area contributed by atoms with Gasteiger partial charge in [-0.15, -0.1) is 11.3 Å². The van der Waals surface area contributed by atoms with Gasteiger partial charge < -0.3 is 5.32 Å². The van der Waals surface area contributed by atoms with Crippen molar-refractivity contribution < 1.29 is 0 Å². The minimum absolute atomic E-state index is 0.580. The first-order chi connectivity index (χ1) is 7.99. The van der Waals surface area contributed by atoms with Crippen molar-refractivity contribution in [2.45, 2.75) is 46.6 Å². The van der Waals surface area contributed by atoms with Crippen LogP contribution in [0.4, 0.5) is 0 Å². The fraction of sp³-hybridized carbons (Fsp3) is 0.714. The van der Waals surface area contributed by atoms with Crippen LogP contribution in [-0.4, -0.2) is 12.6 Å². The largest absolute Gasteiger partial charge is 0.314 e. The SMILES string of the molecule is CC(C)CC(CNC(C)C)Cc1sccc1Br. The van der Waals surface area contributed by atoms with Gasteiger partial charge in [0.2, 0.25) is 0 Å². The fourth-order valence-electron chi connectivity index (χ4n) is 2.04. The van der Waals surface area contributed by atoms with E-state index in [1.54, 1.807) is 0 Å². The van der Waals surface area contributed by atoms with Crippen molar-refractivity contribution in [2.75, 3.05) is 6.54 Å². The van der Waals surface area contributed by atoms with Gasteiger partial charge in [-0.1, -0.05) is 27.7 Å². The van der Waals surface area contributed by atoms with Gasteiger partial charge in [0.25, 0.3) is 0 Å². The summed E-state index contributed by atoms with van der Waals surface area (Å²) in [5, 5.41) is 5.74. The monoisotopic (exact) mass is 317 g/mol. The van der Waals surface area contributed by atoms with Crippen LogP contribution in [0.25, 0.3) is 0 Å². The van der Waals surface area contributed by atoms with Crippen LogP contribution in [0.5, 0.6) is 0 Å². The van der Waals surface area contributed by atoms with E-state index in [9.17, 15) is 0 Å². The maximum absolute atomic E-state index is 3.63. The van der Waals surface area contributed by atoms with Gasteiger partial charge in [0, 0.05) is 15.4 Å². The van der Waals surface area contributed by atoms with Crippen LogP contribution in [0, 0.1) is 11.8 Å². The van der Waals surface area contributed by atoms with E-state index in [0.29, 0.717) is 6.04 Å². The molecule has 0 spiro atoms. The third-order valence-electron chi connectivity index (χ3n) is 2.78. The summed E-state index contributed by atoms with van der Waals surface area (Å²) in [5.41, 5.74) is 0. The average Bonchev–Trinajstić information content (AvgIpc) is 2.60. The molecule has 1 aromatic heterocycles. The zero-order valence-corrected chi connectivity index (χ0v) is 13.7. The lowest BCUT2D eigenvalue weighted by Gasteiger charge is -2.20. The molecule has 3 heteroatoms. The average molecular weight is 318 g/mol. The fourth-order valence-corrected chi connectivity index (χ4v) is 3.67. The Morgan fingerprint density at radius 3 is 2.47 bits per heavy atom. The Hall–Kier alpha value is 0.140. The van der Waals surface area contributed by atoms with Crippen molar-refractivity contribution >= 4 is 27.3 Å². The van der Waals surface area contributed by atoms with Gasteiger partial charge in [-0.2, -0.15) is 0 Å². The summed E-state index contributed by atoms with van der Waals surface area (Å²) in [6.07, 6.45) is 2.49. The maximum Gasteiger partial charge on any atom is 0.0314 e. The second-order valence-corrected chi connectivity index (χ2v) is 7.31. The zero-order chi connectivity index (χ0) is 12.8. The Bertz CT molecular complexity index is 320. The molecule has 1 unspecified atom stereocenters. The van der Waals surface area contributed by atoms with Crippen LogP contribution in [0.2, 0.25) is 0 Å².